The van der Waals surface area contributed by atoms with Crippen LogP contribution in [0.25, 0.3) is 0 Å². The molecule has 88 valence electrons. The van der Waals surface area contributed by atoms with Gasteiger partial charge in [0.15, 0.2) is 0 Å². The molecule has 0 aliphatic carbocycles. The second-order valence-electron chi connectivity index (χ2n) is 3.56. The zero-order valence-electron chi connectivity index (χ0n) is 8.89. The zero-order chi connectivity index (χ0) is 12.0. The molecular weight excluding hydrogens is 208 g/mol. The van der Waals surface area contributed by atoms with Gasteiger partial charge in [-0.15, -0.1) is 0 Å². The van der Waals surface area contributed by atoms with Crippen molar-refractivity contribution in [3.63, 3.8) is 0 Å². The third kappa shape index (κ3) is 4.29. The normalized spacial score (nSPS) is 12.1. The molecule has 0 heterocycles. The summed E-state index contributed by atoms with van der Waals surface area (Å²) < 4.78 is 0. The van der Waals surface area contributed by atoms with Gasteiger partial charge in [0.2, 0.25) is 5.91 Å². The zero-order valence-corrected chi connectivity index (χ0v) is 8.89. The molecule has 1 rings (SSSR count). The van der Waals surface area contributed by atoms with E-state index in [2.05, 4.69) is 5.32 Å². The summed E-state index contributed by atoms with van der Waals surface area (Å²) in [5, 5.41) is 20.1. The summed E-state index contributed by atoms with van der Waals surface area (Å²) in [4.78, 5) is 11.4. The van der Waals surface area contributed by atoms with E-state index in [1.54, 1.807) is 24.3 Å². The maximum atomic E-state index is 11.4. The van der Waals surface area contributed by atoms with E-state index in [-0.39, 0.29) is 25.5 Å². The highest BCUT2D eigenvalue weighted by Crippen LogP contribution is 2.06. The third-order valence-corrected chi connectivity index (χ3v) is 2.06. The highest BCUT2D eigenvalue weighted by molar-refractivity contribution is 5.78. The van der Waals surface area contributed by atoms with Gasteiger partial charge < -0.3 is 21.3 Å². The molecule has 0 aliphatic rings. The first-order chi connectivity index (χ1) is 7.61. The molecule has 5 nitrogen and oxygen atoms in total. The van der Waals surface area contributed by atoms with E-state index in [0.717, 1.165) is 5.56 Å². The molecule has 1 aromatic carbocycles. The van der Waals surface area contributed by atoms with Gasteiger partial charge in [0.05, 0.1) is 19.1 Å². The lowest BCUT2D eigenvalue weighted by atomic mass is 10.1. The molecule has 0 bridgehead atoms. The molecule has 0 spiro atoms. The molecule has 16 heavy (non-hydrogen) atoms. The minimum Gasteiger partial charge on any atom is -0.399 e. The van der Waals surface area contributed by atoms with Crippen LogP contribution < -0.4 is 11.1 Å². The van der Waals surface area contributed by atoms with Crippen LogP contribution in [-0.4, -0.2) is 35.4 Å². The Hall–Kier alpha value is -1.59. The average Bonchev–Trinajstić information content (AvgIpc) is 2.26. The number of rotatable bonds is 5. The predicted molar refractivity (Wildman–Crippen MR) is 60.7 cm³/mol. The second kappa shape index (κ2) is 6.09. The van der Waals surface area contributed by atoms with Crippen LogP contribution in [-0.2, 0) is 11.2 Å². The summed E-state index contributed by atoms with van der Waals surface area (Å²) in [6.45, 7) is -0.309. The van der Waals surface area contributed by atoms with Crippen molar-refractivity contribution in [3.8, 4) is 0 Å². The van der Waals surface area contributed by atoms with Gasteiger partial charge in [-0.3, -0.25) is 4.79 Å². The SMILES string of the molecule is Nc1cccc(CC(=O)NCC(O)CO)c1. The van der Waals surface area contributed by atoms with Gasteiger partial charge in [-0.05, 0) is 17.7 Å². The quantitative estimate of drug-likeness (QED) is 0.496. The van der Waals surface area contributed by atoms with Gasteiger partial charge in [-0.2, -0.15) is 0 Å². The Bertz CT molecular complexity index is 355. The number of hydrogen-bond donors (Lipinski definition) is 4. The molecule has 1 atom stereocenters. The molecule has 1 aromatic rings. The smallest absolute Gasteiger partial charge is 0.224 e. The number of aliphatic hydroxyl groups is 2. The van der Waals surface area contributed by atoms with E-state index in [1.807, 2.05) is 0 Å². The van der Waals surface area contributed by atoms with Crippen molar-refractivity contribution in [2.24, 2.45) is 0 Å². The first-order valence-electron chi connectivity index (χ1n) is 5.02. The maximum absolute atomic E-state index is 11.4. The summed E-state index contributed by atoms with van der Waals surface area (Å²) in [7, 11) is 0. The molecule has 5 heteroatoms. The first-order valence-corrected chi connectivity index (χ1v) is 5.02. The first kappa shape index (κ1) is 12.5. The van der Waals surface area contributed by atoms with Crippen molar-refractivity contribution in [1.82, 2.24) is 5.32 Å². The summed E-state index contributed by atoms with van der Waals surface area (Å²) in [5.74, 6) is -0.210. The van der Waals surface area contributed by atoms with Crippen LogP contribution in [0.2, 0.25) is 0 Å². The Morgan fingerprint density at radius 3 is 2.88 bits per heavy atom. The Morgan fingerprint density at radius 2 is 2.25 bits per heavy atom. The van der Waals surface area contributed by atoms with Crippen LogP contribution >= 0.6 is 0 Å². The standard InChI is InChI=1S/C11H16N2O3/c12-9-3-1-2-8(4-9)5-11(16)13-6-10(15)7-14/h1-4,10,14-15H,5-7,12H2,(H,13,16). The van der Waals surface area contributed by atoms with E-state index in [1.165, 1.54) is 0 Å². The fourth-order valence-corrected chi connectivity index (χ4v) is 1.25. The highest BCUT2D eigenvalue weighted by Gasteiger charge is 2.06. The minimum atomic E-state index is -0.912. The van der Waals surface area contributed by atoms with E-state index in [4.69, 9.17) is 15.9 Å². The molecule has 0 saturated carbocycles. The number of amides is 1. The predicted octanol–water partition coefficient (Wildman–Crippen LogP) is -0.719. The van der Waals surface area contributed by atoms with E-state index < -0.39 is 6.10 Å². The largest absolute Gasteiger partial charge is 0.399 e. The van der Waals surface area contributed by atoms with Gasteiger partial charge in [0.25, 0.3) is 0 Å². The van der Waals surface area contributed by atoms with Crippen LogP contribution in [0, 0.1) is 0 Å². The van der Waals surface area contributed by atoms with Crippen molar-refractivity contribution < 1.29 is 15.0 Å². The number of hydrogen-bond acceptors (Lipinski definition) is 4. The van der Waals surface area contributed by atoms with Gasteiger partial charge in [-0.25, -0.2) is 0 Å². The average molecular weight is 224 g/mol. The van der Waals surface area contributed by atoms with Crippen molar-refractivity contribution in [1.29, 1.82) is 0 Å². The summed E-state index contributed by atoms with van der Waals surface area (Å²) in [5.41, 5.74) is 7.00. The monoisotopic (exact) mass is 224 g/mol. The number of nitrogens with one attached hydrogen (secondary N) is 1. The summed E-state index contributed by atoms with van der Waals surface area (Å²) >= 11 is 0. The van der Waals surface area contributed by atoms with E-state index in [9.17, 15) is 4.79 Å². The van der Waals surface area contributed by atoms with Crippen molar-refractivity contribution >= 4 is 11.6 Å². The summed E-state index contributed by atoms with van der Waals surface area (Å²) in [6.07, 6.45) is -0.701. The van der Waals surface area contributed by atoms with Crippen LogP contribution in [0.1, 0.15) is 5.56 Å². The molecule has 1 unspecified atom stereocenters. The summed E-state index contributed by atoms with van der Waals surface area (Å²) in [6, 6.07) is 7.05. The molecule has 0 saturated heterocycles. The molecular formula is C11H16N2O3. The molecule has 0 fully saturated rings. The molecule has 1 amide bonds. The van der Waals surface area contributed by atoms with Gasteiger partial charge in [-0.1, -0.05) is 12.1 Å². The fraction of sp³-hybridized carbons (Fsp3) is 0.364. The Labute approximate surface area is 93.9 Å². The molecule has 0 aliphatic heterocycles. The van der Waals surface area contributed by atoms with Crippen molar-refractivity contribution in [2.75, 3.05) is 18.9 Å². The number of benzene rings is 1. The Balaban J connectivity index is 2.40. The number of anilines is 1. The molecule has 0 aromatic heterocycles. The van der Waals surface area contributed by atoms with E-state index >= 15 is 0 Å². The minimum absolute atomic E-state index is 0.0532. The number of aliphatic hydroxyl groups excluding tert-OH is 2. The van der Waals surface area contributed by atoms with E-state index in [0.29, 0.717) is 5.69 Å². The van der Waals surface area contributed by atoms with Gasteiger partial charge in [0.1, 0.15) is 0 Å². The van der Waals surface area contributed by atoms with Crippen molar-refractivity contribution in [2.45, 2.75) is 12.5 Å². The van der Waals surface area contributed by atoms with Gasteiger partial charge >= 0.3 is 0 Å². The molecule has 0 radical (unpaired) electrons. The Kier molecular flexibility index (Phi) is 4.75. The Morgan fingerprint density at radius 1 is 1.50 bits per heavy atom. The lowest BCUT2D eigenvalue weighted by molar-refractivity contribution is -0.121. The van der Waals surface area contributed by atoms with Gasteiger partial charge in [0, 0.05) is 12.2 Å². The van der Waals surface area contributed by atoms with Crippen LogP contribution in [0.5, 0.6) is 0 Å². The number of carbonyl (C=O) groups excluding carboxylic acids is 1. The number of nitrogen functional groups attached to an aromatic ring is 1. The maximum Gasteiger partial charge on any atom is 0.224 e. The second-order valence-corrected chi connectivity index (χ2v) is 3.56. The number of carbonyl (C=O) groups is 1. The van der Waals surface area contributed by atoms with Crippen LogP contribution in [0.4, 0.5) is 5.69 Å². The highest BCUT2D eigenvalue weighted by atomic mass is 16.3. The fourth-order valence-electron chi connectivity index (χ4n) is 1.25. The lowest BCUT2D eigenvalue weighted by Crippen LogP contribution is -2.34. The lowest BCUT2D eigenvalue weighted by Gasteiger charge is -2.09. The van der Waals surface area contributed by atoms with Crippen molar-refractivity contribution in [3.05, 3.63) is 29.8 Å². The number of nitrogens with two attached hydrogens (primary N) is 1. The topological polar surface area (TPSA) is 95.6 Å². The molecule has 5 N–H and O–H groups in total. The van der Waals surface area contributed by atoms with Crippen LogP contribution in [0.15, 0.2) is 24.3 Å². The van der Waals surface area contributed by atoms with Crippen LogP contribution in [0.3, 0.4) is 0 Å². The third-order valence-electron chi connectivity index (χ3n) is 2.06.